The van der Waals surface area contributed by atoms with Crippen LogP contribution < -0.4 is 5.32 Å². The molecule has 0 aliphatic carbocycles. The number of hydrogen-bond acceptors (Lipinski definition) is 6. The Morgan fingerprint density at radius 3 is 2.67 bits per heavy atom. The van der Waals surface area contributed by atoms with Gasteiger partial charge < -0.3 is 15.5 Å². The number of thiazole rings is 1. The van der Waals surface area contributed by atoms with Gasteiger partial charge in [0.2, 0.25) is 5.91 Å². The molecule has 116 valence electrons. The Morgan fingerprint density at radius 1 is 1.43 bits per heavy atom. The van der Waals surface area contributed by atoms with Gasteiger partial charge in [-0.3, -0.25) is 9.59 Å². The fourth-order valence-corrected chi connectivity index (χ4v) is 2.93. The molecule has 1 aromatic rings. The van der Waals surface area contributed by atoms with E-state index >= 15 is 0 Å². The number of nitrogens with one attached hydrogen (secondary N) is 1. The number of hydrogen-bond donors (Lipinski definition) is 3. The summed E-state index contributed by atoms with van der Waals surface area (Å²) >= 11 is 2.86. The maximum Gasteiger partial charge on any atom is 0.326 e. The summed E-state index contributed by atoms with van der Waals surface area (Å²) in [5.41, 5.74) is 0.885. The first-order valence-corrected chi connectivity index (χ1v) is 8.14. The highest BCUT2D eigenvalue weighted by atomic mass is 32.2. The van der Waals surface area contributed by atoms with Crippen molar-refractivity contribution in [3.05, 3.63) is 16.1 Å². The predicted molar refractivity (Wildman–Crippen MR) is 79.4 cm³/mol. The van der Waals surface area contributed by atoms with E-state index in [0.717, 1.165) is 10.7 Å². The monoisotopic (exact) mass is 332 g/mol. The Hall–Kier alpha value is -1.61. The minimum absolute atomic E-state index is 0.105. The van der Waals surface area contributed by atoms with Crippen LogP contribution in [-0.4, -0.2) is 44.8 Å². The van der Waals surface area contributed by atoms with Crippen molar-refractivity contribution < 1.29 is 24.6 Å². The summed E-state index contributed by atoms with van der Waals surface area (Å²) in [6.45, 7) is 1.89. The first-order chi connectivity index (χ1) is 9.88. The molecule has 1 aromatic heterocycles. The zero-order valence-electron chi connectivity index (χ0n) is 11.4. The number of aliphatic carboxylic acids is 2. The summed E-state index contributed by atoms with van der Waals surface area (Å²) < 4.78 is 0. The molecule has 0 aromatic carbocycles. The number of rotatable bonds is 9. The van der Waals surface area contributed by atoms with Crippen LogP contribution in [0, 0.1) is 6.92 Å². The Balaban J connectivity index is 2.32. The summed E-state index contributed by atoms with van der Waals surface area (Å²) in [6, 6.07) is -1.17. The van der Waals surface area contributed by atoms with Crippen LogP contribution in [-0.2, 0) is 20.1 Å². The van der Waals surface area contributed by atoms with E-state index < -0.39 is 23.9 Å². The number of carbonyl (C=O) groups excluding carboxylic acids is 1. The standard InChI is InChI=1S/C12H16N2O5S2/c1-7-13-8(5-21-7)4-20-6-10(15)14-9(12(18)19)2-3-11(16)17/h5,9H,2-4,6H2,1H3,(H,14,15)(H,16,17)(H,18,19). The zero-order valence-corrected chi connectivity index (χ0v) is 13.0. The molecule has 9 heteroatoms. The summed E-state index contributed by atoms with van der Waals surface area (Å²) in [4.78, 5) is 37.2. The summed E-state index contributed by atoms with van der Waals surface area (Å²) in [5.74, 6) is -2.07. The minimum Gasteiger partial charge on any atom is -0.481 e. The van der Waals surface area contributed by atoms with Gasteiger partial charge in [0.25, 0.3) is 0 Å². The van der Waals surface area contributed by atoms with Gasteiger partial charge in [0, 0.05) is 17.6 Å². The summed E-state index contributed by atoms with van der Waals surface area (Å²) in [5, 5.41) is 22.6. The van der Waals surface area contributed by atoms with E-state index in [1.807, 2.05) is 12.3 Å². The summed E-state index contributed by atoms with van der Waals surface area (Å²) in [6.07, 6.45) is -0.436. The molecule has 21 heavy (non-hydrogen) atoms. The number of amides is 1. The average molecular weight is 332 g/mol. The van der Waals surface area contributed by atoms with Gasteiger partial charge in [-0.15, -0.1) is 23.1 Å². The molecule has 0 fully saturated rings. The van der Waals surface area contributed by atoms with E-state index in [2.05, 4.69) is 10.3 Å². The number of thioether (sulfide) groups is 1. The molecule has 0 saturated carbocycles. The largest absolute Gasteiger partial charge is 0.481 e. The van der Waals surface area contributed by atoms with Crippen molar-refractivity contribution in [2.75, 3.05) is 5.75 Å². The number of aryl methyl sites for hydroxylation is 1. The highest BCUT2D eigenvalue weighted by Crippen LogP contribution is 2.14. The smallest absolute Gasteiger partial charge is 0.326 e. The lowest BCUT2D eigenvalue weighted by Crippen LogP contribution is -2.41. The topological polar surface area (TPSA) is 117 Å². The third kappa shape index (κ3) is 7.09. The third-order valence-corrected chi connectivity index (χ3v) is 4.22. The highest BCUT2D eigenvalue weighted by molar-refractivity contribution is 7.99. The predicted octanol–water partition coefficient (Wildman–Crippen LogP) is 1.12. The zero-order chi connectivity index (χ0) is 15.8. The molecule has 1 amide bonds. The highest BCUT2D eigenvalue weighted by Gasteiger charge is 2.20. The van der Waals surface area contributed by atoms with Gasteiger partial charge in [0.15, 0.2) is 0 Å². The van der Waals surface area contributed by atoms with Crippen LogP contribution in [0.25, 0.3) is 0 Å². The van der Waals surface area contributed by atoms with Crippen LogP contribution in [0.2, 0.25) is 0 Å². The normalized spacial score (nSPS) is 11.9. The van der Waals surface area contributed by atoms with Gasteiger partial charge in [-0.05, 0) is 13.3 Å². The van der Waals surface area contributed by atoms with Gasteiger partial charge in [-0.25, -0.2) is 9.78 Å². The van der Waals surface area contributed by atoms with Gasteiger partial charge in [0.05, 0.1) is 16.5 Å². The second-order valence-corrected chi connectivity index (χ2v) is 6.29. The van der Waals surface area contributed by atoms with Gasteiger partial charge >= 0.3 is 11.9 Å². The lowest BCUT2D eigenvalue weighted by molar-refractivity contribution is -0.142. The molecular weight excluding hydrogens is 316 g/mol. The molecule has 0 bridgehead atoms. The van der Waals surface area contributed by atoms with Crippen LogP contribution in [0.15, 0.2) is 5.38 Å². The lowest BCUT2D eigenvalue weighted by Gasteiger charge is -2.13. The quantitative estimate of drug-likeness (QED) is 0.620. The van der Waals surface area contributed by atoms with Crippen LogP contribution in [0.1, 0.15) is 23.5 Å². The van der Waals surface area contributed by atoms with E-state index in [-0.39, 0.29) is 18.6 Å². The van der Waals surface area contributed by atoms with E-state index in [4.69, 9.17) is 10.2 Å². The molecule has 0 aliphatic heterocycles. The maximum atomic E-state index is 11.6. The van der Waals surface area contributed by atoms with Crippen LogP contribution in [0.4, 0.5) is 0 Å². The number of carboxylic acid groups (broad SMARTS) is 2. The maximum absolute atomic E-state index is 11.6. The lowest BCUT2D eigenvalue weighted by atomic mass is 10.1. The van der Waals surface area contributed by atoms with Crippen molar-refractivity contribution >= 4 is 40.9 Å². The second-order valence-electron chi connectivity index (χ2n) is 4.24. The van der Waals surface area contributed by atoms with Crippen molar-refractivity contribution in [3.8, 4) is 0 Å². The molecule has 1 rings (SSSR count). The summed E-state index contributed by atoms with van der Waals surface area (Å²) in [7, 11) is 0. The van der Waals surface area contributed by atoms with Crippen LogP contribution in [0.5, 0.6) is 0 Å². The molecule has 7 nitrogen and oxygen atoms in total. The Bertz CT molecular complexity index is 518. The number of carboxylic acids is 2. The molecule has 0 spiro atoms. The van der Waals surface area contributed by atoms with Crippen molar-refractivity contribution in [1.29, 1.82) is 0 Å². The molecule has 0 saturated heterocycles. The number of carbonyl (C=O) groups is 3. The molecule has 1 heterocycles. The first kappa shape index (κ1) is 17.4. The molecule has 0 radical (unpaired) electrons. The van der Waals surface area contributed by atoms with Gasteiger partial charge in [0.1, 0.15) is 6.04 Å². The van der Waals surface area contributed by atoms with Crippen molar-refractivity contribution in [3.63, 3.8) is 0 Å². The molecular formula is C12H16N2O5S2. The molecule has 0 aliphatic rings. The van der Waals surface area contributed by atoms with Crippen LogP contribution in [0.3, 0.4) is 0 Å². The van der Waals surface area contributed by atoms with E-state index in [0.29, 0.717) is 5.75 Å². The van der Waals surface area contributed by atoms with Crippen molar-refractivity contribution in [1.82, 2.24) is 10.3 Å². The molecule has 1 unspecified atom stereocenters. The van der Waals surface area contributed by atoms with Crippen molar-refractivity contribution in [2.45, 2.75) is 31.6 Å². The van der Waals surface area contributed by atoms with E-state index in [9.17, 15) is 14.4 Å². The SMILES string of the molecule is Cc1nc(CSCC(=O)NC(CCC(=O)O)C(=O)O)cs1. The molecule has 3 N–H and O–H groups in total. The Morgan fingerprint density at radius 2 is 2.14 bits per heavy atom. The molecule has 1 atom stereocenters. The van der Waals surface area contributed by atoms with Gasteiger partial charge in [-0.1, -0.05) is 0 Å². The second kappa shape index (κ2) is 8.63. The number of aromatic nitrogens is 1. The fraction of sp³-hybridized carbons (Fsp3) is 0.500. The number of nitrogens with zero attached hydrogens (tertiary/aromatic N) is 1. The van der Waals surface area contributed by atoms with Crippen molar-refractivity contribution in [2.24, 2.45) is 0 Å². The average Bonchev–Trinajstić information content (AvgIpc) is 2.79. The van der Waals surface area contributed by atoms with Crippen LogP contribution >= 0.6 is 23.1 Å². The Kier molecular flexibility index (Phi) is 7.17. The fourth-order valence-electron chi connectivity index (χ4n) is 1.48. The Labute approximate surface area is 129 Å². The van der Waals surface area contributed by atoms with E-state index in [1.165, 1.54) is 23.1 Å². The first-order valence-electron chi connectivity index (χ1n) is 6.11. The van der Waals surface area contributed by atoms with Gasteiger partial charge in [-0.2, -0.15) is 0 Å². The minimum atomic E-state index is -1.23. The van der Waals surface area contributed by atoms with E-state index in [1.54, 1.807) is 0 Å². The third-order valence-electron chi connectivity index (χ3n) is 2.43.